The number of nitrogens with two attached hydrogens (primary N) is 1. The zero-order chi connectivity index (χ0) is 33.6. The Balaban J connectivity index is 1.80. The summed E-state index contributed by atoms with van der Waals surface area (Å²) in [5.74, 6) is -0.933. The predicted molar refractivity (Wildman–Crippen MR) is 176 cm³/mol. The number of nitrogens with one attached hydrogen (secondary N) is 1. The van der Waals surface area contributed by atoms with E-state index in [0.717, 1.165) is 23.8 Å². The Morgan fingerprint density at radius 3 is 2.28 bits per heavy atom. The number of nitrogen functional groups attached to an aromatic ring is 1. The van der Waals surface area contributed by atoms with Gasteiger partial charge in [-0.15, -0.1) is 0 Å². The summed E-state index contributed by atoms with van der Waals surface area (Å²) in [4.78, 5) is 33.3. The second kappa shape index (κ2) is 14.1. The van der Waals surface area contributed by atoms with Crippen molar-refractivity contribution in [2.45, 2.75) is 66.2 Å². The van der Waals surface area contributed by atoms with Crippen LogP contribution in [0.1, 0.15) is 75.8 Å². The van der Waals surface area contributed by atoms with Crippen LogP contribution in [-0.2, 0) is 11.3 Å². The second-order valence-electron chi connectivity index (χ2n) is 13.4. The van der Waals surface area contributed by atoms with Crippen molar-refractivity contribution < 1.29 is 23.1 Å². The number of anilines is 1. The SMILES string of the molecule is CC(C)(C)OC(=O)NCCCN(C(=O)c1ccc(N)cc1)[C@@H](c1nc(-c2cc(F)ccc2F)cn1Cc1ccccc1)C(C)(C)C. The predicted octanol–water partition coefficient (Wildman–Crippen LogP) is 7.60. The monoisotopic (exact) mass is 631 g/mol. The van der Waals surface area contributed by atoms with Crippen molar-refractivity contribution in [3.8, 4) is 11.3 Å². The minimum atomic E-state index is -0.646. The summed E-state index contributed by atoms with van der Waals surface area (Å²) in [5, 5.41) is 2.77. The van der Waals surface area contributed by atoms with E-state index in [1.54, 1.807) is 56.1 Å². The molecule has 3 aromatic carbocycles. The molecule has 0 fully saturated rings. The highest BCUT2D eigenvalue weighted by atomic mass is 19.1. The number of hydrogen-bond donors (Lipinski definition) is 2. The van der Waals surface area contributed by atoms with Crippen LogP contribution in [0.3, 0.4) is 0 Å². The van der Waals surface area contributed by atoms with Crippen molar-refractivity contribution in [3.05, 3.63) is 108 Å². The molecule has 3 N–H and O–H groups in total. The lowest BCUT2D eigenvalue weighted by atomic mass is 9.84. The molecule has 0 aliphatic rings. The fraction of sp³-hybridized carbons (Fsp3) is 0.361. The molecule has 2 amide bonds. The molecule has 46 heavy (non-hydrogen) atoms. The minimum absolute atomic E-state index is 0.0266. The van der Waals surface area contributed by atoms with Gasteiger partial charge >= 0.3 is 6.09 Å². The van der Waals surface area contributed by atoms with Gasteiger partial charge in [0, 0.05) is 42.6 Å². The number of hydrogen-bond acceptors (Lipinski definition) is 5. The lowest BCUT2D eigenvalue weighted by molar-refractivity contribution is 0.0467. The lowest BCUT2D eigenvalue weighted by Gasteiger charge is -2.40. The van der Waals surface area contributed by atoms with Gasteiger partial charge in [-0.3, -0.25) is 4.79 Å². The fourth-order valence-corrected chi connectivity index (χ4v) is 5.27. The Bertz CT molecular complexity index is 1640. The van der Waals surface area contributed by atoms with Crippen LogP contribution in [0.15, 0.2) is 79.0 Å². The molecule has 0 spiro atoms. The third-order valence-corrected chi connectivity index (χ3v) is 7.25. The summed E-state index contributed by atoms with van der Waals surface area (Å²) >= 11 is 0. The lowest BCUT2D eigenvalue weighted by Crippen LogP contribution is -2.44. The van der Waals surface area contributed by atoms with Gasteiger partial charge in [-0.2, -0.15) is 0 Å². The molecule has 0 radical (unpaired) electrons. The van der Waals surface area contributed by atoms with Crippen LogP contribution < -0.4 is 11.1 Å². The van der Waals surface area contributed by atoms with Crippen LogP contribution in [0.2, 0.25) is 0 Å². The Kier molecular flexibility index (Phi) is 10.5. The maximum absolute atomic E-state index is 15.0. The van der Waals surface area contributed by atoms with Gasteiger partial charge in [-0.25, -0.2) is 18.6 Å². The average Bonchev–Trinajstić information content (AvgIpc) is 3.37. The summed E-state index contributed by atoms with van der Waals surface area (Å²) in [6, 6.07) is 19.1. The van der Waals surface area contributed by atoms with Crippen molar-refractivity contribution in [1.82, 2.24) is 19.8 Å². The first-order valence-corrected chi connectivity index (χ1v) is 15.3. The zero-order valence-corrected chi connectivity index (χ0v) is 27.3. The standard InChI is InChI=1S/C36H43F2N5O3/c1-35(2,3)31(43(33(44)25-13-16-27(39)17-14-25)20-10-19-40-34(45)46-36(4,5)6)32-41-30(28-21-26(37)15-18-29(28)38)23-42(32)22-24-11-8-7-9-12-24/h7-9,11-18,21,23,31H,10,19-20,22,39H2,1-6H3,(H,40,45)/t31-/m0/s1. The van der Waals surface area contributed by atoms with Crippen LogP contribution in [-0.4, -0.2) is 45.1 Å². The number of benzene rings is 3. The number of amides is 2. The normalized spacial score (nSPS) is 12.4. The number of aromatic nitrogens is 2. The van der Waals surface area contributed by atoms with Crippen LogP contribution in [0.5, 0.6) is 0 Å². The van der Waals surface area contributed by atoms with E-state index >= 15 is 4.39 Å². The van der Waals surface area contributed by atoms with E-state index in [9.17, 15) is 14.0 Å². The highest BCUT2D eigenvalue weighted by Gasteiger charge is 2.38. The van der Waals surface area contributed by atoms with Crippen molar-refractivity contribution in [3.63, 3.8) is 0 Å². The van der Waals surface area contributed by atoms with E-state index in [2.05, 4.69) is 5.32 Å². The van der Waals surface area contributed by atoms with Gasteiger partial charge in [0.05, 0.1) is 11.7 Å². The fourth-order valence-electron chi connectivity index (χ4n) is 5.27. The Labute approximate surface area is 269 Å². The van der Waals surface area contributed by atoms with E-state index in [1.807, 2.05) is 55.7 Å². The van der Waals surface area contributed by atoms with Crippen LogP contribution >= 0.6 is 0 Å². The van der Waals surface area contributed by atoms with Gasteiger partial charge in [0.15, 0.2) is 0 Å². The Hall–Kier alpha value is -4.73. The summed E-state index contributed by atoms with van der Waals surface area (Å²) < 4.78 is 36.6. The van der Waals surface area contributed by atoms with E-state index in [0.29, 0.717) is 30.0 Å². The number of alkyl carbamates (subject to hydrolysis) is 1. The highest BCUT2D eigenvalue weighted by molar-refractivity contribution is 5.94. The smallest absolute Gasteiger partial charge is 0.407 e. The van der Waals surface area contributed by atoms with E-state index in [-0.39, 0.29) is 30.3 Å². The number of rotatable bonds is 10. The largest absolute Gasteiger partial charge is 0.444 e. The molecule has 0 unspecified atom stereocenters. The minimum Gasteiger partial charge on any atom is -0.444 e. The second-order valence-corrected chi connectivity index (χ2v) is 13.4. The molecule has 1 aromatic heterocycles. The first-order valence-electron chi connectivity index (χ1n) is 15.3. The molecule has 0 saturated heterocycles. The number of halogens is 2. The molecule has 0 aliphatic heterocycles. The molecule has 1 heterocycles. The van der Waals surface area contributed by atoms with Gasteiger partial charge in [-0.05, 0) is 80.6 Å². The topological polar surface area (TPSA) is 102 Å². The number of ether oxygens (including phenoxy) is 1. The first kappa shape index (κ1) is 34.1. The molecule has 4 aromatic rings. The number of nitrogens with zero attached hydrogens (tertiary/aromatic N) is 3. The molecule has 1 atom stereocenters. The van der Waals surface area contributed by atoms with Gasteiger partial charge < -0.3 is 25.3 Å². The summed E-state index contributed by atoms with van der Waals surface area (Å²) in [6.45, 7) is 12.3. The summed E-state index contributed by atoms with van der Waals surface area (Å²) in [5.41, 5.74) is 6.91. The maximum Gasteiger partial charge on any atom is 0.407 e. The molecule has 8 nitrogen and oxygen atoms in total. The molecule has 244 valence electrons. The zero-order valence-electron chi connectivity index (χ0n) is 27.3. The number of imidazole rings is 1. The highest BCUT2D eigenvalue weighted by Crippen LogP contribution is 2.40. The Morgan fingerprint density at radius 2 is 1.65 bits per heavy atom. The molecule has 0 saturated carbocycles. The van der Waals surface area contributed by atoms with Crippen molar-refractivity contribution >= 4 is 17.7 Å². The summed E-state index contributed by atoms with van der Waals surface area (Å²) in [6.07, 6.45) is 1.57. The number of carbonyl (C=O) groups is 2. The molecular formula is C36H43F2N5O3. The maximum atomic E-state index is 15.0. The Morgan fingerprint density at radius 1 is 0.978 bits per heavy atom. The third kappa shape index (κ3) is 8.93. The molecular weight excluding hydrogens is 588 g/mol. The van der Waals surface area contributed by atoms with Gasteiger partial charge in [0.2, 0.25) is 0 Å². The molecule has 10 heteroatoms. The average molecular weight is 632 g/mol. The third-order valence-electron chi connectivity index (χ3n) is 7.25. The van der Waals surface area contributed by atoms with Gasteiger partial charge in [0.1, 0.15) is 23.1 Å². The first-order chi connectivity index (χ1) is 21.6. The van der Waals surface area contributed by atoms with E-state index < -0.39 is 34.8 Å². The van der Waals surface area contributed by atoms with Crippen molar-refractivity contribution in [1.29, 1.82) is 0 Å². The van der Waals surface area contributed by atoms with Crippen molar-refractivity contribution in [2.75, 3.05) is 18.8 Å². The summed E-state index contributed by atoms with van der Waals surface area (Å²) in [7, 11) is 0. The van der Waals surface area contributed by atoms with E-state index in [4.69, 9.17) is 15.5 Å². The van der Waals surface area contributed by atoms with Crippen LogP contribution in [0, 0.1) is 17.0 Å². The van der Waals surface area contributed by atoms with Crippen molar-refractivity contribution in [2.24, 2.45) is 5.41 Å². The van der Waals surface area contributed by atoms with Crippen LogP contribution in [0.25, 0.3) is 11.3 Å². The van der Waals surface area contributed by atoms with Gasteiger partial charge in [-0.1, -0.05) is 51.1 Å². The van der Waals surface area contributed by atoms with Crippen LogP contribution in [0.4, 0.5) is 19.3 Å². The molecule has 4 rings (SSSR count). The quantitative estimate of drug-likeness (QED) is 0.139. The molecule has 0 bridgehead atoms. The van der Waals surface area contributed by atoms with E-state index in [1.165, 1.54) is 0 Å². The van der Waals surface area contributed by atoms with Gasteiger partial charge in [0.25, 0.3) is 5.91 Å². The molecule has 0 aliphatic carbocycles. The number of carbonyl (C=O) groups excluding carboxylic acids is 2.